The van der Waals surface area contributed by atoms with E-state index in [0.717, 1.165) is 32.1 Å². The summed E-state index contributed by atoms with van der Waals surface area (Å²) in [6.45, 7) is 6.57. The van der Waals surface area contributed by atoms with Crippen LogP contribution < -0.4 is 5.32 Å². The number of amides is 1. The Bertz CT molecular complexity index is 234. The Labute approximate surface area is 98.6 Å². The van der Waals surface area contributed by atoms with E-state index in [0.29, 0.717) is 12.5 Å². The monoisotopic (exact) mass is 227 g/mol. The topological polar surface area (TPSA) is 49.3 Å². The molecule has 0 aromatic rings. The van der Waals surface area contributed by atoms with Crippen molar-refractivity contribution in [2.45, 2.75) is 58.5 Å². The van der Waals surface area contributed by atoms with Gasteiger partial charge in [-0.25, -0.2) is 0 Å². The fourth-order valence-corrected chi connectivity index (χ4v) is 2.23. The molecule has 0 heterocycles. The van der Waals surface area contributed by atoms with Crippen molar-refractivity contribution in [1.29, 1.82) is 0 Å². The summed E-state index contributed by atoms with van der Waals surface area (Å²) in [5.74, 6) is 0.517. The number of carbonyl (C=O) groups is 1. The lowest BCUT2D eigenvalue weighted by Gasteiger charge is -2.24. The van der Waals surface area contributed by atoms with E-state index in [1.807, 2.05) is 6.92 Å². The van der Waals surface area contributed by atoms with E-state index in [4.69, 9.17) is 0 Å². The third-order valence-electron chi connectivity index (χ3n) is 4.04. The van der Waals surface area contributed by atoms with Crippen LogP contribution in [0.15, 0.2) is 0 Å². The van der Waals surface area contributed by atoms with E-state index in [-0.39, 0.29) is 11.8 Å². The van der Waals surface area contributed by atoms with Gasteiger partial charge in [0.2, 0.25) is 5.91 Å². The van der Waals surface area contributed by atoms with Gasteiger partial charge in [0.1, 0.15) is 0 Å². The van der Waals surface area contributed by atoms with Crippen molar-refractivity contribution in [1.82, 2.24) is 5.32 Å². The first-order valence-electron chi connectivity index (χ1n) is 6.48. The van der Waals surface area contributed by atoms with E-state index in [1.54, 1.807) is 0 Å². The Balaban J connectivity index is 2.34. The van der Waals surface area contributed by atoms with Crippen molar-refractivity contribution in [2.75, 3.05) is 6.54 Å². The van der Waals surface area contributed by atoms with Gasteiger partial charge in [-0.1, -0.05) is 40.0 Å². The maximum Gasteiger partial charge on any atom is 0.223 e. The molecule has 1 rings (SSSR count). The summed E-state index contributed by atoms with van der Waals surface area (Å²) in [7, 11) is 0. The molecule has 3 nitrogen and oxygen atoms in total. The minimum Gasteiger partial charge on any atom is -0.388 e. The Morgan fingerprint density at radius 1 is 1.38 bits per heavy atom. The van der Waals surface area contributed by atoms with Crippen molar-refractivity contribution in [3.05, 3.63) is 0 Å². The quantitative estimate of drug-likeness (QED) is 0.755. The third-order valence-corrected chi connectivity index (χ3v) is 4.04. The molecule has 0 saturated heterocycles. The van der Waals surface area contributed by atoms with E-state index in [2.05, 4.69) is 19.2 Å². The van der Waals surface area contributed by atoms with E-state index in [9.17, 15) is 9.90 Å². The molecular formula is C13H25NO2. The summed E-state index contributed by atoms with van der Waals surface area (Å²) in [5, 5.41) is 13.0. The van der Waals surface area contributed by atoms with Crippen LogP contribution in [0, 0.1) is 11.8 Å². The summed E-state index contributed by atoms with van der Waals surface area (Å²) >= 11 is 0. The van der Waals surface area contributed by atoms with Gasteiger partial charge in [-0.3, -0.25) is 4.79 Å². The van der Waals surface area contributed by atoms with Gasteiger partial charge in [0.05, 0.1) is 5.60 Å². The molecule has 16 heavy (non-hydrogen) atoms. The molecule has 1 aliphatic carbocycles. The zero-order chi connectivity index (χ0) is 12.2. The molecule has 0 bridgehead atoms. The molecular weight excluding hydrogens is 202 g/mol. The lowest BCUT2D eigenvalue weighted by molar-refractivity contribution is -0.127. The molecule has 0 spiro atoms. The molecule has 94 valence electrons. The summed E-state index contributed by atoms with van der Waals surface area (Å²) in [6, 6.07) is 0. The first-order chi connectivity index (χ1) is 7.48. The predicted octanol–water partition coefficient (Wildman–Crippen LogP) is 2.09. The smallest absolute Gasteiger partial charge is 0.223 e. The molecule has 0 aliphatic heterocycles. The lowest BCUT2D eigenvalue weighted by Crippen LogP contribution is -2.43. The summed E-state index contributed by atoms with van der Waals surface area (Å²) in [6.07, 6.45) is 4.81. The summed E-state index contributed by atoms with van der Waals surface area (Å²) in [5.41, 5.74) is -0.634. The molecule has 1 fully saturated rings. The second-order valence-electron chi connectivity index (χ2n) is 5.32. The Morgan fingerprint density at radius 2 is 1.94 bits per heavy atom. The van der Waals surface area contributed by atoms with Crippen molar-refractivity contribution < 1.29 is 9.90 Å². The van der Waals surface area contributed by atoms with Crippen LogP contribution in [0.2, 0.25) is 0 Å². The highest BCUT2D eigenvalue weighted by atomic mass is 16.3. The number of rotatable bonds is 5. The maximum absolute atomic E-state index is 11.8. The average Bonchev–Trinajstić information content (AvgIpc) is 2.71. The molecule has 0 aromatic heterocycles. The second-order valence-corrected chi connectivity index (χ2v) is 5.32. The highest BCUT2D eigenvalue weighted by molar-refractivity contribution is 5.78. The van der Waals surface area contributed by atoms with Crippen LogP contribution in [0.5, 0.6) is 0 Å². The fourth-order valence-electron chi connectivity index (χ4n) is 2.23. The number of hydrogen-bond acceptors (Lipinski definition) is 2. The van der Waals surface area contributed by atoms with Crippen LogP contribution in [0.3, 0.4) is 0 Å². The van der Waals surface area contributed by atoms with Gasteiger partial charge in [0.15, 0.2) is 0 Å². The molecule has 2 unspecified atom stereocenters. The summed E-state index contributed by atoms with van der Waals surface area (Å²) < 4.78 is 0. The summed E-state index contributed by atoms with van der Waals surface area (Å²) in [4.78, 5) is 11.8. The molecule has 1 aliphatic rings. The first kappa shape index (κ1) is 13.5. The minimum atomic E-state index is -0.634. The van der Waals surface area contributed by atoms with Crippen molar-refractivity contribution in [2.24, 2.45) is 11.8 Å². The zero-order valence-electron chi connectivity index (χ0n) is 10.8. The Morgan fingerprint density at radius 3 is 2.44 bits per heavy atom. The van der Waals surface area contributed by atoms with Gasteiger partial charge in [0, 0.05) is 12.5 Å². The molecule has 1 amide bonds. The second kappa shape index (κ2) is 5.67. The van der Waals surface area contributed by atoms with Crippen LogP contribution in [0.1, 0.15) is 52.9 Å². The van der Waals surface area contributed by atoms with Crippen LogP contribution in [0.25, 0.3) is 0 Å². The van der Waals surface area contributed by atoms with Gasteiger partial charge < -0.3 is 10.4 Å². The molecule has 0 radical (unpaired) electrons. The number of aliphatic hydroxyl groups is 1. The van der Waals surface area contributed by atoms with Crippen LogP contribution in [-0.4, -0.2) is 23.2 Å². The Kier molecular flexibility index (Phi) is 4.78. The average molecular weight is 227 g/mol. The first-order valence-corrected chi connectivity index (χ1v) is 6.48. The van der Waals surface area contributed by atoms with Gasteiger partial charge >= 0.3 is 0 Å². The molecule has 0 aromatic carbocycles. The highest BCUT2D eigenvalue weighted by Crippen LogP contribution is 2.28. The lowest BCUT2D eigenvalue weighted by atomic mass is 9.92. The number of carbonyl (C=O) groups excluding carboxylic acids is 1. The highest BCUT2D eigenvalue weighted by Gasteiger charge is 2.32. The van der Waals surface area contributed by atoms with Gasteiger partial charge in [-0.05, 0) is 18.8 Å². The zero-order valence-corrected chi connectivity index (χ0v) is 10.8. The molecule has 2 atom stereocenters. The number of hydrogen-bond donors (Lipinski definition) is 2. The molecule has 2 N–H and O–H groups in total. The van der Waals surface area contributed by atoms with E-state index >= 15 is 0 Å². The van der Waals surface area contributed by atoms with Gasteiger partial charge in [-0.2, -0.15) is 0 Å². The van der Waals surface area contributed by atoms with Crippen molar-refractivity contribution in [3.63, 3.8) is 0 Å². The van der Waals surface area contributed by atoms with Crippen LogP contribution in [0.4, 0.5) is 0 Å². The van der Waals surface area contributed by atoms with Crippen LogP contribution >= 0.6 is 0 Å². The SMILES string of the molecule is CCC(C)C(C)C(=O)NCC1(O)CCCC1. The van der Waals surface area contributed by atoms with Gasteiger partial charge in [-0.15, -0.1) is 0 Å². The Hall–Kier alpha value is -0.570. The largest absolute Gasteiger partial charge is 0.388 e. The third kappa shape index (κ3) is 3.48. The normalized spacial score (nSPS) is 22.8. The van der Waals surface area contributed by atoms with Crippen molar-refractivity contribution in [3.8, 4) is 0 Å². The van der Waals surface area contributed by atoms with Crippen LogP contribution in [-0.2, 0) is 4.79 Å². The van der Waals surface area contributed by atoms with Crippen molar-refractivity contribution >= 4 is 5.91 Å². The predicted molar refractivity (Wildman–Crippen MR) is 65.0 cm³/mol. The van der Waals surface area contributed by atoms with Gasteiger partial charge in [0.25, 0.3) is 0 Å². The minimum absolute atomic E-state index is 0.0370. The molecule has 1 saturated carbocycles. The number of nitrogens with one attached hydrogen (secondary N) is 1. The standard InChI is InChI=1S/C13H25NO2/c1-4-10(2)11(3)12(15)14-9-13(16)7-5-6-8-13/h10-11,16H,4-9H2,1-3H3,(H,14,15). The van der Waals surface area contributed by atoms with E-state index in [1.165, 1.54) is 0 Å². The fraction of sp³-hybridized carbons (Fsp3) is 0.923. The molecule has 3 heteroatoms. The maximum atomic E-state index is 11.8. The van der Waals surface area contributed by atoms with E-state index < -0.39 is 5.60 Å².